The zero-order valence-electron chi connectivity index (χ0n) is 19.5. The van der Waals surface area contributed by atoms with Crippen molar-refractivity contribution < 1.29 is 4.79 Å². The van der Waals surface area contributed by atoms with Crippen LogP contribution in [0.5, 0.6) is 0 Å². The highest BCUT2D eigenvalue weighted by Crippen LogP contribution is 2.26. The standard InChI is InChI=1S/C23H27N9OS/c1-4-31-21(18-8-6-5-7-16(18)2)27-28-23(31)34-14-20(33)30-11-9-29(10-12-30)19-13-17(3)26-22-24-15-25-32(19)22/h5-8,13,15H,4,9-12,14H2,1-3H3. The van der Waals surface area contributed by atoms with Gasteiger partial charge in [-0.2, -0.15) is 14.6 Å². The SMILES string of the molecule is CCn1c(SCC(=O)N2CCN(c3cc(C)nc4ncnn34)CC2)nnc1-c1ccccc1C. The molecule has 0 bridgehead atoms. The van der Waals surface area contributed by atoms with Gasteiger partial charge < -0.3 is 14.4 Å². The van der Waals surface area contributed by atoms with E-state index in [4.69, 9.17) is 0 Å². The van der Waals surface area contributed by atoms with E-state index in [1.165, 1.54) is 18.1 Å². The van der Waals surface area contributed by atoms with E-state index in [0.717, 1.165) is 53.3 Å². The van der Waals surface area contributed by atoms with Gasteiger partial charge in [0.1, 0.15) is 12.1 Å². The second kappa shape index (κ2) is 9.41. The molecule has 1 aliphatic rings. The number of amides is 1. The van der Waals surface area contributed by atoms with Crippen LogP contribution in [0.3, 0.4) is 0 Å². The van der Waals surface area contributed by atoms with Crippen molar-refractivity contribution in [2.45, 2.75) is 32.5 Å². The van der Waals surface area contributed by atoms with E-state index in [1.54, 1.807) is 4.52 Å². The maximum absolute atomic E-state index is 13.0. The summed E-state index contributed by atoms with van der Waals surface area (Å²) in [6, 6.07) is 10.2. The monoisotopic (exact) mass is 477 g/mol. The summed E-state index contributed by atoms with van der Waals surface area (Å²) in [6.07, 6.45) is 1.52. The number of aryl methyl sites for hydroxylation is 2. The molecule has 34 heavy (non-hydrogen) atoms. The van der Waals surface area contributed by atoms with Gasteiger partial charge in [0.2, 0.25) is 5.91 Å². The van der Waals surface area contributed by atoms with Crippen molar-refractivity contribution in [2.75, 3.05) is 36.8 Å². The van der Waals surface area contributed by atoms with Crippen molar-refractivity contribution in [3.8, 4) is 11.4 Å². The Kier molecular flexibility index (Phi) is 6.18. The second-order valence-electron chi connectivity index (χ2n) is 8.25. The minimum absolute atomic E-state index is 0.115. The number of piperazine rings is 1. The van der Waals surface area contributed by atoms with Gasteiger partial charge in [0.05, 0.1) is 5.75 Å². The number of fused-ring (bicyclic) bond motifs is 1. The van der Waals surface area contributed by atoms with Crippen molar-refractivity contribution in [1.82, 2.24) is 39.2 Å². The highest BCUT2D eigenvalue weighted by molar-refractivity contribution is 7.99. The quantitative estimate of drug-likeness (QED) is 0.391. The fourth-order valence-corrected chi connectivity index (χ4v) is 5.15. The van der Waals surface area contributed by atoms with Crippen molar-refractivity contribution in [1.29, 1.82) is 0 Å². The molecule has 0 saturated carbocycles. The molecule has 1 saturated heterocycles. The number of hydrogen-bond donors (Lipinski definition) is 0. The zero-order chi connectivity index (χ0) is 23.7. The first-order valence-corrected chi connectivity index (χ1v) is 12.4. The summed E-state index contributed by atoms with van der Waals surface area (Å²) in [6.45, 7) is 9.62. The number of benzene rings is 1. The van der Waals surface area contributed by atoms with E-state index in [-0.39, 0.29) is 5.91 Å². The Hall–Kier alpha value is -3.47. The van der Waals surface area contributed by atoms with Crippen LogP contribution < -0.4 is 4.90 Å². The molecule has 0 N–H and O–H groups in total. The Morgan fingerprint density at radius 2 is 1.88 bits per heavy atom. The van der Waals surface area contributed by atoms with Gasteiger partial charge in [-0.05, 0) is 26.3 Å². The minimum atomic E-state index is 0.115. The summed E-state index contributed by atoms with van der Waals surface area (Å²) in [7, 11) is 0. The summed E-state index contributed by atoms with van der Waals surface area (Å²) in [5.41, 5.74) is 3.12. The van der Waals surface area contributed by atoms with Crippen LogP contribution in [0.1, 0.15) is 18.2 Å². The van der Waals surface area contributed by atoms with Crippen molar-refractivity contribution >= 4 is 29.3 Å². The van der Waals surface area contributed by atoms with Gasteiger partial charge in [-0.15, -0.1) is 10.2 Å². The molecule has 0 radical (unpaired) electrons. The van der Waals surface area contributed by atoms with Crippen LogP contribution in [-0.4, -0.2) is 77.1 Å². The lowest BCUT2D eigenvalue weighted by Crippen LogP contribution is -2.49. The smallest absolute Gasteiger partial charge is 0.254 e. The van der Waals surface area contributed by atoms with Crippen LogP contribution >= 0.6 is 11.8 Å². The van der Waals surface area contributed by atoms with Crippen LogP contribution in [0.15, 0.2) is 41.8 Å². The molecule has 1 aliphatic heterocycles. The summed E-state index contributed by atoms with van der Waals surface area (Å²) in [5, 5.41) is 13.9. The molecule has 0 unspecified atom stereocenters. The lowest BCUT2D eigenvalue weighted by Gasteiger charge is -2.35. The molecule has 5 rings (SSSR count). The lowest BCUT2D eigenvalue weighted by atomic mass is 10.1. The van der Waals surface area contributed by atoms with Crippen molar-refractivity contribution in [3.63, 3.8) is 0 Å². The average Bonchev–Trinajstić information content (AvgIpc) is 3.49. The van der Waals surface area contributed by atoms with E-state index in [1.807, 2.05) is 30.0 Å². The van der Waals surface area contributed by atoms with E-state index < -0.39 is 0 Å². The Morgan fingerprint density at radius 3 is 2.65 bits per heavy atom. The maximum Gasteiger partial charge on any atom is 0.254 e. The Labute approximate surface area is 202 Å². The van der Waals surface area contributed by atoms with E-state index in [9.17, 15) is 4.79 Å². The normalized spacial score (nSPS) is 14.2. The third-order valence-electron chi connectivity index (χ3n) is 6.06. The number of rotatable bonds is 6. The average molecular weight is 478 g/mol. The number of aromatic nitrogens is 7. The van der Waals surface area contributed by atoms with Crippen LogP contribution in [0.25, 0.3) is 17.2 Å². The predicted octanol–water partition coefficient (Wildman–Crippen LogP) is 2.46. The molecule has 0 spiro atoms. The minimum Gasteiger partial charge on any atom is -0.353 e. The van der Waals surface area contributed by atoms with Crippen LogP contribution in [0.2, 0.25) is 0 Å². The molecule has 3 aromatic heterocycles. The number of thioether (sulfide) groups is 1. The van der Waals surface area contributed by atoms with Crippen molar-refractivity contribution in [3.05, 3.63) is 47.9 Å². The molecular weight excluding hydrogens is 450 g/mol. The number of nitrogens with zero attached hydrogens (tertiary/aromatic N) is 9. The van der Waals surface area contributed by atoms with Crippen LogP contribution in [0, 0.1) is 13.8 Å². The number of carbonyl (C=O) groups is 1. The maximum atomic E-state index is 13.0. The lowest BCUT2D eigenvalue weighted by molar-refractivity contribution is -0.128. The number of anilines is 1. The van der Waals surface area contributed by atoms with Gasteiger partial charge in [-0.1, -0.05) is 36.0 Å². The molecule has 176 valence electrons. The topological polar surface area (TPSA) is 97.3 Å². The third kappa shape index (κ3) is 4.23. The molecule has 4 aromatic rings. The fourth-order valence-electron chi connectivity index (χ4n) is 4.24. The highest BCUT2D eigenvalue weighted by Gasteiger charge is 2.24. The van der Waals surface area contributed by atoms with Crippen molar-refractivity contribution in [2.24, 2.45) is 0 Å². The Balaban J connectivity index is 1.22. The first kappa shape index (κ1) is 22.3. The molecule has 0 aliphatic carbocycles. The summed E-state index contributed by atoms with van der Waals surface area (Å²) in [4.78, 5) is 25.7. The first-order valence-electron chi connectivity index (χ1n) is 11.4. The molecule has 1 aromatic carbocycles. The second-order valence-corrected chi connectivity index (χ2v) is 9.19. The van der Waals surface area contributed by atoms with Gasteiger partial charge in [-0.3, -0.25) is 4.79 Å². The first-order chi connectivity index (χ1) is 16.5. The van der Waals surface area contributed by atoms with E-state index in [2.05, 4.69) is 60.7 Å². The summed E-state index contributed by atoms with van der Waals surface area (Å²) in [5.74, 6) is 2.85. The molecule has 1 amide bonds. The molecule has 4 heterocycles. The molecular formula is C23H27N9OS. The van der Waals surface area contributed by atoms with Gasteiger partial charge in [0.25, 0.3) is 5.78 Å². The van der Waals surface area contributed by atoms with Gasteiger partial charge in [0, 0.05) is 50.0 Å². The van der Waals surface area contributed by atoms with E-state index >= 15 is 0 Å². The third-order valence-corrected chi connectivity index (χ3v) is 7.01. The van der Waals surface area contributed by atoms with Crippen LogP contribution in [0.4, 0.5) is 5.82 Å². The zero-order valence-corrected chi connectivity index (χ0v) is 20.4. The van der Waals surface area contributed by atoms with Crippen LogP contribution in [-0.2, 0) is 11.3 Å². The Morgan fingerprint density at radius 1 is 1.09 bits per heavy atom. The van der Waals surface area contributed by atoms with Gasteiger partial charge in [-0.25, -0.2) is 4.98 Å². The number of carbonyl (C=O) groups excluding carboxylic acids is 1. The highest BCUT2D eigenvalue weighted by atomic mass is 32.2. The number of hydrogen-bond acceptors (Lipinski definition) is 8. The van der Waals surface area contributed by atoms with E-state index in [0.29, 0.717) is 24.6 Å². The Bertz CT molecular complexity index is 1320. The molecule has 1 fully saturated rings. The van der Waals surface area contributed by atoms with Gasteiger partial charge in [0.15, 0.2) is 11.0 Å². The van der Waals surface area contributed by atoms with Gasteiger partial charge >= 0.3 is 0 Å². The summed E-state index contributed by atoms with van der Waals surface area (Å²) < 4.78 is 3.83. The molecule has 10 nitrogen and oxygen atoms in total. The largest absolute Gasteiger partial charge is 0.353 e. The predicted molar refractivity (Wildman–Crippen MR) is 131 cm³/mol. The molecule has 11 heteroatoms. The molecule has 0 atom stereocenters. The summed E-state index contributed by atoms with van der Waals surface area (Å²) >= 11 is 1.45. The fraction of sp³-hybridized carbons (Fsp3) is 0.391.